The summed E-state index contributed by atoms with van der Waals surface area (Å²) < 4.78 is 51.7. The molecule has 0 amide bonds. The molecule has 0 spiro atoms. The molecule has 1 N–H and O–H groups in total. The lowest BCUT2D eigenvalue weighted by molar-refractivity contribution is -0.362. The molecule has 4 aromatic carbocycles. The van der Waals surface area contributed by atoms with Crippen molar-refractivity contribution >= 4 is 0 Å². The van der Waals surface area contributed by atoms with Crippen molar-refractivity contribution < 1.29 is 43.0 Å². The molecular weight excluding hydrogens is 648 g/mol. The van der Waals surface area contributed by atoms with Gasteiger partial charge in [-0.05, 0) is 29.2 Å². The Hall–Kier alpha value is -3.48. The van der Waals surface area contributed by atoms with Crippen LogP contribution in [0.15, 0.2) is 121 Å². The van der Waals surface area contributed by atoms with E-state index in [2.05, 4.69) is 0 Å². The zero-order valence-electron chi connectivity index (χ0n) is 29.6. The third kappa shape index (κ3) is 10.1. The highest BCUT2D eigenvalue weighted by Gasteiger charge is 2.52. The summed E-state index contributed by atoms with van der Waals surface area (Å²) in [5.41, 5.74) is 4.05. The van der Waals surface area contributed by atoms with Gasteiger partial charge in [-0.3, -0.25) is 0 Å². The smallest absolute Gasteiger partial charge is 0.187 e. The predicted octanol–water partition coefficient (Wildman–Crippen LogP) is 6.46. The molecule has 0 aliphatic carbocycles. The second kappa shape index (κ2) is 18.8. The van der Waals surface area contributed by atoms with E-state index < -0.39 is 49.2 Å². The molecule has 9 heteroatoms. The number of ether oxygens (including phenoxy) is 8. The van der Waals surface area contributed by atoms with E-state index >= 15 is 0 Å². The van der Waals surface area contributed by atoms with Crippen LogP contribution >= 0.6 is 0 Å². The molecule has 10 atom stereocenters. The zero-order chi connectivity index (χ0) is 35.4. The first-order valence-electron chi connectivity index (χ1n) is 17.8. The van der Waals surface area contributed by atoms with Gasteiger partial charge in [0, 0.05) is 13.0 Å². The summed E-state index contributed by atoms with van der Waals surface area (Å²) >= 11 is 0. The molecule has 0 saturated carbocycles. The third-order valence-corrected chi connectivity index (χ3v) is 9.59. The first-order valence-corrected chi connectivity index (χ1v) is 17.8. The fourth-order valence-corrected chi connectivity index (χ4v) is 6.56. The summed E-state index contributed by atoms with van der Waals surface area (Å²) in [5, 5.41) is 11.4. The van der Waals surface area contributed by atoms with Crippen LogP contribution in [0.1, 0.15) is 36.1 Å². The maximum Gasteiger partial charge on any atom is 0.187 e. The molecule has 2 fully saturated rings. The summed E-state index contributed by atoms with van der Waals surface area (Å²) in [6.07, 6.45) is -6.42. The standard InChI is InChI=1S/C42H50O9/c1-29-30(2)49-41(44-3)36(43)37(29)51-42-40(48-27-34-22-14-7-15-23-34)39(47-26-33-20-12-6-13-21-33)38(46-25-32-18-10-5-11-19-32)35(50-42)28-45-24-31-16-8-4-9-17-31/h4-23,29-30,35-43H,24-28H2,1-3H3/t29-,30?,35-,36?,37-,38+,39?,40?,41+,42+/m0/s1. The quantitative estimate of drug-likeness (QED) is 0.142. The van der Waals surface area contributed by atoms with E-state index in [4.69, 9.17) is 37.9 Å². The molecule has 51 heavy (non-hydrogen) atoms. The highest BCUT2D eigenvalue weighted by atomic mass is 16.7. The average Bonchev–Trinajstić information content (AvgIpc) is 3.17. The van der Waals surface area contributed by atoms with E-state index in [9.17, 15) is 5.11 Å². The number of hydrogen-bond acceptors (Lipinski definition) is 9. The van der Waals surface area contributed by atoms with Crippen LogP contribution in [0, 0.1) is 5.92 Å². The van der Waals surface area contributed by atoms with Gasteiger partial charge in [-0.15, -0.1) is 0 Å². The Morgan fingerprint density at radius 3 is 1.47 bits per heavy atom. The molecule has 4 unspecified atom stereocenters. The number of methoxy groups -OCH3 is 1. The Bertz CT molecular complexity index is 1540. The molecule has 2 aliphatic heterocycles. The normalized spacial score (nSPS) is 29.5. The Morgan fingerprint density at radius 2 is 0.980 bits per heavy atom. The van der Waals surface area contributed by atoms with Gasteiger partial charge in [0.25, 0.3) is 0 Å². The topological polar surface area (TPSA) is 94.1 Å². The summed E-state index contributed by atoms with van der Waals surface area (Å²) in [4.78, 5) is 0. The Labute approximate surface area is 301 Å². The van der Waals surface area contributed by atoms with Crippen LogP contribution in [-0.4, -0.2) is 74.1 Å². The maximum absolute atomic E-state index is 11.4. The Balaban J connectivity index is 1.34. The van der Waals surface area contributed by atoms with Gasteiger partial charge in [-0.25, -0.2) is 0 Å². The van der Waals surface area contributed by atoms with Gasteiger partial charge in [-0.2, -0.15) is 0 Å². The minimum Gasteiger partial charge on any atom is -0.385 e. The van der Waals surface area contributed by atoms with Crippen LogP contribution in [0.3, 0.4) is 0 Å². The summed E-state index contributed by atoms with van der Waals surface area (Å²) in [5.74, 6) is -0.187. The van der Waals surface area contributed by atoms with Gasteiger partial charge in [0.1, 0.15) is 30.5 Å². The molecular formula is C42H50O9. The van der Waals surface area contributed by atoms with Crippen molar-refractivity contribution in [3.8, 4) is 0 Å². The van der Waals surface area contributed by atoms with Gasteiger partial charge in [0.05, 0.1) is 45.2 Å². The minimum atomic E-state index is -1.07. The highest BCUT2D eigenvalue weighted by molar-refractivity contribution is 5.16. The van der Waals surface area contributed by atoms with Crippen molar-refractivity contribution in [2.75, 3.05) is 13.7 Å². The SMILES string of the molecule is CO[C@@H]1OC(C)[C@H](C)[C@H](O[C@H]2O[C@@H](COCc3ccccc3)[C@@H](OCc3ccccc3)C(OCc3ccccc3)C2OCc2ccccc2)C1O. The molecule has 6 rings (SSSR count). The summed E-state index contributed by atoms with van der Waals surface area (Å²) in [7, 11) is 1.51. The second-order valence-electron chi connectivity index (χ2n) is 13.2. The van der Waals surface area contributed by atoms with Crippen LogP contribution in [0.5, 0.6) is 0 Å². The zero-order valence-corrected chi connectivity index (χ0v) is 29.6. The van der Waals surface area contributed by atoms with Crippen LogP contribution in [0.25, 0.3) is 0 Å². The third-order valence-electron chi connectivity index (χ3n) is 9.59. The number of rotatable bonds is 16. The van der Waals surface area contributed by atoms with Crippen molar-refractivity contribution in [1.29, 1.82) is 0 Å². The Kier molecular flexibility index (Phi) is 13.8. The first-order chi connectivity index (χ1) is 25.0. The van der Waals surface area contributed by atoms with Gasteiger partial charge >= 0.3 is 0 Å². The van der Waals surface area contributed by atoms with E-state index in [0.29, 0.717) is 19.8 Å². The fourth-order valence-electron chi connectivity index (χ4n) is 6.56. The molecule has 0 bridgehead atoms. The molecule has 4 aromatic rings. The van der Waals surface area contributed by atoms with Crippen molar-refractivity contribution in [3.05, 3.63) is 144 Å². The molecule has 272 valence electrons. The number of aliphatic hydroxyl groups excluding tert-OH is 1. The molecule has 2 heterocycles. The predicted molar refractivity (Wildman–Crippen MR) is 191 cm³/mol. The molecule has 0 aromatic heterocycles. The largest absolute Gasteiger partial charge is 0.385 e. The van der Waals surface area contributed by atoms with Crippen LogP contribution in [-0.2, 0) is 64.3 Å². The van der Waals surface area contributed by atoms with E-state index in [0.717, 1.165) is 22.3 Å². The van der Waals surface area contributed by atoms with Crippen LogP contribution in [0.4, 0.5) is 0 Å². The van der Waals surface area contributed by atoms with Crippen molar-refractivity contribution in [2.24, 2.45) is 5.92 Å². The number of benzene rings is 4. The first kappa shape index (κ1) is 37.3. The monoisotopic (exact) mass is 698 g/mol. The molecule has 0 radical (unpaired) electrons. The second-order valence-corrected chi connectivity index (χ2v) is 13.2. The van der Waals surface area contributed by atoms with Crippen LogP contribution < -0.4 is 0 Å². The maximum atomic E-state index is 11.4. The van der Waals surface area contributed by atoms with E-state index in [1.807, 2.05) is 135 Å². The van der Waals surface area contributed by atoms with Crippen molar-refractivity contribution in [3.63, 3.8) is 0 Å². The summed E-state index contributed by atoms with van der Waals surface area (Å²) in [6, 6.07) is 40.0. The molecule has 2 saturated heterocycles. The number of hydrogen-bond donors (Lipinski definition) is 1. The fraction of sp³-hybridized carbons (Fsp3) is 0.429. The molecule has 2 aliphatic rings. The van der Waals surface area contributed by atoms with Gasteiger partial charge in [-0.1, -0.05) is 128 Å². The Morgan fingerprint density at radius 1 is 0.529 bits per heavy atom. The van der Waals surface area contributed by atoms with Gasteiger partial charge < -0.3 is 43.0 Å². The molecule has 9 nitrogen and oxygen atoms in total. The van der Waals surface area contributed by atoms with Gasteiger partial charge in [0.15, 0.2) is 12.6 Å². The number of aliphatic hydroxyl groups is 1. The summed E-state index contributed by atoms with van der Waals surface area (Å²) in [6.45, 7) is 5.45. The van der Waals surface area contributed by atoms with Crippen molar-refractivity contribution in [2.45, 2.75) is 95.6 Å². The van der Waals surface area contributed by atoms with Crippen molar-refractivity contribution in [1.82, 2.24) is 0 Å². The minimum absolute atomic E-state index is 0.187. The highest BCUT2D eigenvalue weighted by Crippen LogP contribution is 2.36. The van der Waals surface area contributed by atoms with Crippen LogP contribution in [0.2, 0.25) is 0 Å². The lowest BCUT2D eigenvalue weighted by Gasteiger charge is -2.49. The van der Waals surface area contributed by atoms with E-state index in [1.54, 1.807) is 0 Å². The lowest BCUT2D eigenvalue weighted by Crippen LogP contribution is -2.64. The van der Waals surface area contributed by atoms with E-state index in [-0.39, 0.29) is 25.2 Å². The van der Waals surface area contributed by atoms with E-state index in [1.165, 1.54) is 7.11 Å². The average molecular weight is 699 g/mol. The lowest BCUT2D eigenvalue weighted by atomic mass is 9.91. The van der Waals surface area contributed by atoms with Gasteiger partial charge in [0.2, 0.25) is 0 Å².